The number of hydrogen-bond donors (Lipinski definition) is 1. The van der Waals surface area contributed by atoms with Crippen LogP contribution in [0.2, 0.25) is 0 Å². The van der Waals surface area contributed by atoms with Crippen LogP contribution in [0.5, 0.6) is 0 Å². The van der Waals surface area contributed by atoms with Crippen LogP contribution >= 0.6 is 0 Å². The molecule has 0 bridgehead atoms. The van der Waals surface area contributed by atoms with E-state index in [4.69, 9.17) is 5.73 Å². The Morgan fingerprint density at radius 3 is 2.14 bits per heavy atom. The second kappa shape index (κ2) is 3.81. The summed E-state index contributed by atoms with van der Waals surface area (Å²) in [5.41, 5.74) is 6.05. The maximum Gasteiger partial charge on any atom is 0.154 e. The van der Waals surface area contributed by atoms with E-state index >= 15 is 0 Å². The zero-order valence-corrected chi connectivity index (χ0v) is 9.30. The molecule has 0 amide bonds. The molecule has 2 unspecified atom stereocenters. The SMILES string of the molecule is NC(C1CCCCC1)C1CCS1(=O)=O. The third kappa shape index (κ3) is 1.82. The van der Waals surface area contributed by atoms with E-state index in [1.807, 2.05) is 0 Å². The summed E-state index contributed by atoms with van der Waals surface area (Å²) in [4.78, 5) is 0. The van der Waals surface area contributed by atoms with Crippen molar-refractivity contribution in [3.05, 3.63) is 0 Å². The Labute approximate surface area is 86.0 Å². The third-order valence-corrected chi connectivity index (χ3v) is 6.05. The third-order valence-electron chi connectivity index (χ3n) is 3.77. The summed E-state index contributed by atoms with van der Waals surface area (Å²) >= 11 is 0. The molecule has 2 fully saturated rings. The maximum absolute atomic E-state index is 11.4. The van der Waals surface area contributed by atoms with Gasteiger partial charge in [-0.1, -0.05) is 19.3 Å². The van der Waals surface area contributed by atoms with E-state index in [2.05, 4.69) is 0 Å². The normalized spacial score (nSPS) is 34.8. The maximum atomic E-state index is 11.4. The van der Waals surface area contributed by atoms with Gasteiger partial charge < -0.3 is 5.73 Å². The van der Waals surface area contributed by atoms with Gasteiger partial charge in [0.25, 0.3) is 0 Å². The average Bonchev–Trinajstić information content (AvgIpc) is 2.18. The summed E-state index contributed by atoms with van der Waals surface area (Å²) < 4.78 is 22.8. The van der Waals surface area contributed by atoms with Crippen LogP contribution in [0.3, 0.4) is 0 Å². The number of sulfone groups is 1. The fourth-order valence-corrected chi connectivity index (χ4v) is 4.29. The first-order valence-corrected chi connectivity index (χ1v) is 7.30. The standard InChI is InChI=1S/C10H19NO2S/c11-10(8-4-2-1-3-5-8)9-6-7-14(9,12)13/h8-10H,1-7,11H2. The molecule has 0 aromatic carbocycles. The van der Waals surface area contributed by atoms with Gasteiger partial charge in [0.05, 0.1) is 11.0 Å². The summed E-state index contributed by atoms with van der Waals surface area (Å²) in [6, 6.07) is -0.0888. The molecule has 1 saturated heterocycles. The highest BCUT2D eigenvalue weighted by Gasteiger charge is 2.42. The van der Waals surface area contributed by atoms with Gasteiger partial charge in [-0.05, 0) is 25.2 Å². The molecule has 0 aromatic heterocycles. The van der Waals surface area contributed by atoms with E-state index in [0.29, 0.717) is 11.7 Å². The number of nitrogens with two attached hydrogens (primary N) is 1. The van der Waals surface area contributed by atoms with Crippen LogP contribution in [-0.4, -0.2) is 25.5 Å². The Hall–Kier alpha value is -0.0900. The van der Waals surface area contributed by atoms with Gasteiger partial charge in [-0.2, -0.15) is 0 Å². The van der Waals surface area contributed by atoms with Gasteiger partial charge in [0.1, 0.15) is 0 Å². The summed E-state index contributed by atoms with van der Waals surface area (Å²) in [6.45, 7) is 0. The molecule has 2 rings (SSSR count). The van der Waals surface area contributed by atoms with Gasteiger partial charge >= 0.3 is 0 Å². The van der Waals surface area contributed by atoms with Crippen LogP contribution in [0.4, 0.5) is 0 Å². The first-order valence-electron chi connectivity index (χ1n) is 5.58. The minimum Gasteiger partial charge on any atom is -0.326 e. The van der Waals surface area contributed by atoms with Crippen molar-refractivity contribution < 1.29 is 8.42 Å². The quantitative estimate of drug-likeness (QED) is 0.753. The van der Waals surface area contributed by atoms with E-state index in [1.54, 1.807) is 0 Å². The van der Waals surface area contributed by atoms with Crippen LogP contribution in [0, 0.1) is 5.92 Å². The summed E-state index contributed by atoms with van der Waals surface area (Å²) in [6.07, 6.45) is 6.80. The van der Waals surface area contributed by atoms with Crippen LogP contribution in [-0.2, 0) is 9.84 Å². The second-order valence-corrected chi connectivity index (χ2v) is 7.01. The lowest BCUT2D eigenvalue weighted by molar-refractivity contribution is 0.288. The van der Waals surface area contributed by atoms with Gasteiger partial charge in [-0.25, -0.2) is 8.42 Å². The molecule has 14 heavy (non-hydrogen) atoms. The van der Waals surface area contributed by atoms with E-state index in [9.17, 15) is 8.42 Å². The molecule has 1 aliphatic carbocycles. The predicted molar refractivity (Wildman–Crippen MR) is 56.7 cm³/mol. The van der Waals surface area contributed by atoms with Crippen molar-refractivity contribution in [1.29, 1.82) is 0 Å². The van der Waals surface area contributed by atoms with Crippen molar-refractivity contribution >= 4 is 9.84 Å². The lowest BCUT2D eigenvalue weighted by Gasteiger charge is -2.37. The minimum absolute atomic E-state index is 0.0888. The highest BCUT2D eigenvalue weighted by Crippen LogP contribution is 2.33. The molecular formula is C10H19NO2S. The topological polar surface area (TPSA) is 60.2 Å². The van der Waals surface area contributed by atoms with Crippen molar-refractivity contribution in [3.8, 4) is 0 Å². The minimum atomic E-state index is -2.80. The summed E-state index contributed by atoms with van der Waals surface area (Å²) in [5, 5.41) is -0.217. The Morgan fingerprint density at radius 2 is 1.71 bits per heavy atom. The van der Waals surface area contributed by atoms with Crippen molar-refractivity contribution in [1.82, 2.24) is 0 Å². The van der Waals surface area contributed by atoms with Crippen molar-refractivity contribution in [2.24, 2.45) is 11.7 Å². The fraction of sp³-hybridized carbons (Fsp3) is 1.00. The molecule has 2 N–H and O–H groups in total. The second-order valence-electron chi connectivity index (χ2n) is 4.67. The molecule has 0 spiro atoms. The Balaban J connectivity index is 1.97. The zero-order chi connectivity index (χ0) is 10.2. The summed E-state index contributed by atoms with van der Waals surface area (Å²) in [7, 11) is -2.80. The van der Waals surface area contributed by atoms with Crippen molar-refractivity contribution in [2.45, 2.75) is 49.8 Å². The van der Waals surface area contributed by atoms with E-state index in [0.717, 1.165) is 19.3 Å². The molecule has 2 aliphatic rings. The highest BCUT2D eigenvalue weighted by atomic mass is 32.2. The number of rotatable bonds is 2. The highest BCUT2D eigenvalue weighted by molar-refractivity contribution is 7.93. The molecule has 1 aliphatic heterocycles. The zero-order valence-electron chi connectivity index (χ0n) is 8.48. The summed E-state index contributed by atoms with van der Waals surface area (Å²) in [5.74, 6) is 0.821. The van der Waals surface area contributed by atoms with Gasteiger partial charge in [0.2, 0.25) is 0 Å². The van der Waals surface area contributed by atoms with Gasteiger partial charge in [-0.15, -0.1) is 0 Å². The van der Waals surface area contributed by atoms with Gasteiger partial charge in [0, 0.05) is 6.04 Å². The van der Waals surface area contributed by atoms with Gasteiger partial charge in [-0.3, -0.25) is 0 Å². The molecule has 1 saturated carbocycles. The Kier molecular flexibility index (Phi) is 2.84. The van der Waals surface area contributed by atoms with E-state index in [-0.39, 0.29) is 11.3 Å². The fourth-order valence-electron chi connectivity index (χ4n) is 2.70. The molecule has 82 valence electrons. The smallest absolute Gasteiger partial charge is 0.154 e. The lowest BCUT2D eigenvalue weighted by Crippen LogP contribution is -2.53. The molecule has 0 aromatic rings. The molecule has 2 atom stereocenters. The predicted octanol–water partition coefficient (Wildman–Crippen LogP) is 1.08. The van der Waals surface area contributed by atoms with E-state index in [1.165, 1.54) is 19.3 Å². The average molecular weight is 217 g/mol. The number of hydrogen-bond acceptors (Lipinski definition) is 3. The monoisotopic (exact) mass is 217 g/mol. The van der Waals surface area contributed by atoms with Gasteiger partial charge in [0.15, 0.2) is 9.84 Å². The molecular weight excluding hydrogens is 198 g/mol. The van der Waals surface area contributed by atoms with Crippen LogP contribution in [0.25, 0.3) is 0 Å². The Morgan fingerprint density at radius 1 is 1.07 bits per heavy atom. The van der Waals surface area contributed by atoms with Crippen molar-refractivity contribution in [2.75, 3.05) is 5.75 Å². The molecule has 0 radical (unpaired) electrons. The van der Waals surface area contributed by atoms with Crippen LogP contribution in [0.15, 0.2) is 0 Å². The van der Waals surface area contributed by atoms with Crippen molar-refractivity contribution in [3.63, 3.8) is 0 Å². The first kappa shape index (κ1) is 10.4. The van der Waals surface area contributed by atoms with E-state index < -0.39 is 9.84 Å². The molecule has 3 nitrogen and oxygen atoms in total. The Bertz CT molecular complexity index is 293. The lowest BCUT2D eigenvalue weighted by atomic mass is 9.82. The first-order chi connectivity index (χ1) is 6.61. The largest absolute Gasteiger partial charge is 0.326 e. The molecule has 1 heterocycles. The molecule has 4 heteroatoms. The van der Waals surface area contributed by atoms with Crippen LogP contribution in [0.1, 0.15) is 38.5 Å². The van der Waals surface area contributed by atoms with Crippen LogP contribution < -0.4 is 5.73 Å².